The Labute approximate surface area is 116 Å². The number of hydrogen-bond acceptors (Lipinski definition) is 4. The van der Waals surface area contributed by atoms with Crippen LogP contribution < -0.4 is 5.73 Å². The number of carbonyl (C=O) groups is 1. The van der Waals surface area contributed by atoms with E-state index in [1.807, 2.05) is 20.8 Å². The van der Waals surface area contributed by atoms with Gasteiger partial charge in [0.15, 0.2) is 0 Å². The molecule has 1 aliphatic carbocycles. The summed E-state index contributed by atoms with van der Waals surface area (Å²) < 4.78 is 5.44. The number of piperidine rings is 1. The lowest BCUT2D eigenvalue weighted by Gasteiger charge is -2.31. The van der Waals surface area contributed by atoms with Crippen LogP contribution in [0.1, 0.15) is 40.0 Å². The maximum absolute atomic E-state index is 11.9. The fourth-order valence-electron chi connectivity index (χ4n) is 2.85. The summed E-state index contributed by atoms with van der Waals surface area (Å²) in [5.41, 5.74) is 5.35. The Hall–Kier alpha value is -0.610. The van der Waals surface area contributed by atoms with Gasteiger partial charge in [-0.3, -0.25) is 4.79 Å². The third kappa shape index (κ3) is 4.46. The van der Waals surface area contributed by atoms with Crippen LogP contribution in [0.4, 0.5) is 0 Å². The molecule has 4 heteroatoms. The van der Waals surface area contributed by atoms with Gasteiger partial charge < -0.3 is 15.4 Å². The molecule has 0 amide bonds. The lowest BCUT2D eigenvalue weighted by atomic mass is 9.97. The fraction of sp³-hybridized carbons (Fsp3) is 0.933. The highest BCUT2D eigenvalue weighted by Crippen LogP contribution is 2.41. The molecule has 1 heterocycles. The zero-order chi connectivity index (χ0) is 14.0. The third-order valence-corrected chi connectivity index (χ3v) is 4.17. The van der Waals surface area contributed by atoms with Crippen LogP contribution in [0.2, 0.25) is 0 Å². The smallest absolute Gasteiger partial charge is 0.309 e. The van der Waals surface area contributed by atoms with E-state index in [2.05, 4.69) is 4.90 Å². The number of rotatable bonds is 4. The molecule has 0 bridgehead atoms. The molecule has 0 spiro atoms. The van der Waals surface area contributed by atoms with Gasteiger partial charge in [0.1, 0.15) is 5.60 Å². The van der Waals surface area contributed by atoms with E-state index in [-0.39, 0.29) is 17.5 Å². The van der Waals surface area contributed by atoms with Crippen molar-refractivity contribution in [2.24, 2.45) is 23.5 Å². The number of nitrogens with two attached hydrogens (primary N) is 1. The van der Waals surface area contributed by atoms with Gasteiger partial charge in [-0.05, 0) is 71.5 Å². The summed E-state index contributed by atoms with van der Waals surface area (Å²) in [6, 6.07) is 0. The standard InChI is InChI=1S/C15H28N2O2/c1-15(2,3)19-14(18)13-8-12(13)10-17-6-4-11(9-16)5-7-17/h11-13H,4-10,16H2,1-3H3. The van der Waals surface area contributed by atoms with Crippen LogP contribution in [-0.4, -0.2) is 42.6 Å². The van der Waals surface area contributed by atoms with E-state index in [4.69, 9.17) is 10.5 Å². The van der Waals surface area contributed by atoms with E-state index in [1.165, 1.54) is 12.8 Å². The topological polar surface area (TPSA) is 55.6 Å². The van der Waals surface area contributed by atoms with Crippen LogP contribution in [0.3, 0.4) is 0 Å². The maximum Gasteiger partial charge on any atom is 0.309 e. The Morgan fingerprint density at radius 2 is 1.95 bits per heavy atom. The summed E-state index contributed by atoms with van der Waals surface area (Å²) in [6.45, 7) is 9.94. The molecule has 19 heavy (non-hydrogen) atoms. The second-order valence-corrected chi connectivity index (χ2v) is 7.12. The summed E-state index contributed by atoms with van der Waals surface area (Å²) >= 11 is 0. The molecular formula is C15H28N2O2. The molecule has 2 rings (SSSR count). The molecule has 2 unspecified atom stereocenters. The largest absolute Gasteiger partial charge is 0.460 e. The molecule has 2 N–H and O–H groups in total. The molecule has 2 aliphatic rings. The molecule has 1 saturated carbocycles. The van der Waals surface area contributed by atoms with Gasteiger partial charge in [0, 0.05) is 6.54 Å². The van der Waals surface area contributed by atoms with Gasteiger partial charge in [-0.1, -0.05) is 0 Å². The highest BCUT2D eigenvalue weighted by molar-refractivity contribution is 5.76. The lowest BCUT2D eigenvalue weighted by Crippen LogP contribution is -2.37. The van der Waals surface area contributed by atoms with Crippen LogP contribution in [0.25, 0.3) is 0 Å². The minimum absolute atomic E-state index is 0.00524. The van der Waals surface area contributed by atoms with Gasteiger partial charge in [0.05, 0.1) is 5.92 Å². The molecule has 2 atom stereocenters. The van der Waals surface area contributed by atoms with Gasteiger partial charge >= 0.3 is 5.97 Å². The molecule has 0 aromatic carbocycles. The van der Waals surface area contributed by atoms with Gasteiger partial charge in [0.25, 0.3) is 0 Å². The number of hydrogen-bond donors (Lipinski definition) is 1. The van der Waals surface area contributed by atoms with Crippen LogP contribution in [-0.2, 0) is 9.53 Å². The average molecular weight is 268 g/mol. The summed E-state index contributed by atoms with van der Waals surface area (Å²) in [4.78, 5) is 14.4. The monoisotopic (exact) mass is 268 g/mol. The minimum Gasteiger partial charge on any atom is -0.460 e. The van der Waals surface area contributed by atoms with Crippen molar-refractivity contribution in [1.82, 2.24) is 4.90 Å². The Morgan fingerprint density at radius 3 is 2.47 bits per heavy atom. The second kappa shape index (κ2) is 5.80. The predicted octanol–water partition coefficient (Wildman–Crippen LogP) is 1.63. The molecule has 1 aliphatic heterocycles. The van der Waals surface area contributed by atoms with Crippen molar-refractivity contribution in [2.75, 3.05) is 26.2 Å². The number of ether oxygens (including phenoxy) is 1. The summed E-state index contributed by atoms with van der Waals surface area (Å²) in [6.07, 6.45) is 3.42. The first-order chi connectivity index (χ1) is 8.89. The number of nitrogens with zero attached hydrogens (tertiary/aromatic N) is 1. The zero-order valence-electron chi connectivity index (χ0n) is 12.5. The molecule has 4 nitrogen and oxygen atoms in total. The van der Waals surface area contributed by atoms with Crippen LogP contribution in [0.15, 0.2) is 0 Å². The first kappa shape index (κ1) is 14.8. The van der Waals surface area contributed by atoms with E-state index < -0.39 is 0 Å². The van der Waals surface area contributed by atoms with Crippen LogP contribution >= 0.6 is 0 Å². The fourth-order valence-corrected chi connectivity index (χ4v) is 2.85. The molecule has 0 aromatic rings. The number of esters is 1. The van der Waals surface area contributed by atoms with Crippen molar-refractivity contribution in [2.45, 2.75) is 45.6 Å². The van der Waals surface area contributed by atoms with Crippen molar-refractivity contribution < 1.29 is 9.53 Å². The Bertz CT molecular complexity index is 317. The Morgan fingerprint density at radius 1 is 1.32 bits per heavy atom. The van der Waals surface area contributed by atoms with Crippen molar-refractivity contribution in [3.8, 4) is 0 Å². The highest BCUT2D eigenvalue weighted by Gasteiger charge is 2.46. The van der Waals surface area contributed by atoms with E-state index in [9.17, 15) is 4.79 Å². The highest BCUT2D eigenvalue weighted by atomic mass is 16.6. The zero-order valence-corrected chi connectivity index (χ0v) is 12.5. The molecule has 2 fully saturated rings. The molecule has 0 aromatic heterocycles. The molecular weight excluding hydrogens is 240 g/mol. The van der Waals surface area contributed by atoms with Crippen LogP contribution in [0, 0.1) is 17.8 Å². The van der Waals surface area contributed by atoms with Gasteiger partial charge in [-0.2, -0.15) is 0 Å². The SMILES string of the molecule is CC(C)(C)OC(=O)C1CC1CN1CCC(CN)CC1. The minimum atomic E-state index is -0.357. The number of likely N-dealkylation sites (tertiary alicyclic amines) is 1. The van der Waals surface area contributed by atoms with Crippen molar-refractivity contribution in [1.29, 1.82) is 0 Å². The summed E-state index contributed by atoms with van der Waals surface area (Å²) in [5.74, 6) is 1.36. The second-order valence-electron chi connectivity index (χ2n) is 7.12. The Balaban J connectivity index is 1.68. The molecule has 1 saturated heterocycles. The van der Waals surface area contributed by atoms with Gasteiger partial charge in [-0.25, -0.2) is 0 Å². The average Bonchev–Trinajstić information content (AvgIpc) is 3.07. The van der Waals surface area contributed by atoms with Gasteiger partial charge in [0.2, 0.25) is 0 Å². The normalized spacial score (nSPS) is 29.3. The predicted molar refractivity (Wildman–Crippen MR) is 75.7 cm³/mol. The Kier molecular flexibility index (Phi) is 4.51. The van der Waals surface area contributed by atoms with Crippen molar-refractivity contribution >= 4 is 5.97 Å². The quantitative estimate of drug-likeness (QED) is 0.788. The van der Waals surface area contributed by atoms with E-state index in [0.29, 0.717) is 11.8 Å². The third-order valence-electron chi connectivity index (χ3n) is 4.17. The van der Waals surface area contributed by atoms with E-state index in [1.54, 1.807) is 0 Å². The maximum atomic E-state index is 11.9. The first-order valence-electron chi connectivity index (χ1n) is 7.54. The summed E-state index contributed by atoms with van der Waals surface area (Å²) in [5, 5.41) is 0. The van der Waals surface area contributed by atoms with E-state index >= 15 is 0 Å². The van der Waals surface area contributed by atoms with Crippen LogP contribution in [0.5, 0.6) is 0 Å². The first-order valence-corrected chi connectivity index (χ1v) is 7.54. The molecule has 110 valence electrons. The lowest BCUT2D eigenvalue weighted by molar-refractivity contribution is -0.156. The summed E-state index contributed by atoms with van der Waals surface area (Å²) in [7, 11) is 0. The van der Waals surface area contributed by atoms with E-state index in [0.717, 1.165) is 32.6 Å². The number of carbonyl (C=O) groups excluding carboxylic acids is 1. The molecule has 0 radical (unpaired) electrons. The van der Waals surface area contributed by atoms with Gasteiger partial charge in [-0.15, -0.1) is 0 Å². The van der Waals surface area contributed by atoms with Crippen molar-refractivity contribution in [3.63, 3.8) is 0 Å². The van der Waals surface area contributed by atoms with Crippen molar-refractivity contribution in [3.05, 3.63) is 0 Å².